The van der Waals surface area contributed by atoms with E-state index in [0.717, 1.165) is 11.1 Å². The van der Waals surface area contributed by atoms with Gasteiger partial charge in [0.25, 0.3) is 0 Å². The van der Waals surface area contributed by atoms with Gasteiger partial charge in [0.05, 0.1) is 12.2 Å². The van der Waals surface area contributed by atoms with E-state index in [0.29, 0.717) is 45.4 Å². The van der Waals surface area contributed by atoms with Crippen molar-refractivity contribution in [1.82, 2.24) is 0 Å². The number of carbonyl (C=O) groups is 2. The minimum atomic E-state index is -0.611. The third-order valence-corrected chi connectivity index (χ3v) is 6.44. The lowest BCUT2D eigenvalue weighted by molar-refractivity contribution is 0.0736. The monoisotopic (exact) mass is 536 g/mol. The molecule has 2 heterocycles. The van der Waals surface area contributed by atoms with Gasteiger partial charge in [-0.05, 0) is 61.0 Å². The highest BCUT2D eigenvalue weighted by atomic mass is 35.5. The fraction of sp³-hybridized carbons (Fsp3) is 0.0625. The number of furan rings is 1. The van der Waals surface area contributed by atoms with Gasteiger partial charge in [-0.15, -0.1) is 0 Å². The minimum Gasteiger partial charge on any atom is -0.494 e. The molecule has 7 heteroatoms. The van der Waals surface area contributed by atoms with Gasteiger partial charge in [0.2, 0.25) is 5.78 Å². The molecule has 0 bridgehead atoms. The van der Waals surface area contributed by atoms with Crippen LogP contribution in [0.4, 0.5) is 0 Å². The summed E-state index contributed by atoms with van der Waals surface area (Å²) in [6.45, 7) is 2.37. The largest absolute Gasteiger partial charge is 0.494 e. The van der Waals surface area contributed by atoms with Crippen LogP contribution in [0.5, 0.6) is 17.2 Å². The van der Waals surface area contributed by atoms with Crippen LogP contribution in [0.15, 0.2) is 101 Å². The molecule has 6 nitrogen and oxygen atoms in total. The molecule has 0 unspecified atom stereocenters. The number of ketones is 1. The summed E-state index contributed by atoms with van der Waals surface area (Å²) in [5.41, 5.74) is 2.65. The Morgan fingerprint density at radius 3 is 2.54 bits per heavy atom. The lowest BCUT2D eigenvalue weighted by atomic mass is 10.1. The molecule has 0 saturated heterocycles. The van der Waals surface area contributed by atoms with Gasteiger partial charge in [0.1, 0.15) is 34.2 Å². The van der Waals surface area contributed by atoms with Crippen molar-refractivity contribution in [3.63, 3.8) is 0 Å². The number of ether oxygens (including phenoxy) is 3. The van der Waals surface area contributed by atoms with Crippen LogP contribution in [0.3, 0.4) is 0 Å². The Hall–Kier alpha value is -4.81. The van der Waals surface area contributed by atoms with Crippen LogP contribution in [0.2, 0.25) is 5.02 Å². The third kappa shape index (κ3) is 4.78. The van der Waals surface area contributed by atoms with Crippen LogP contribution < -0.4 is 14.2 Å². The highest BCUT2D eigenvalue weighted by Crippen LogP contribution is 2.38. The lowest BCUT2D eigenvalue weighted by Gasteiger charge is -2.07. The number of benzene rings is 4. The number of carbonyl (C=O) groups excluding carboxylic acids is 2. The van der Waals surface area contributed by atoms with Gasteiger partial charge in [0.15, 0.2) is 5.76 Å². The zero-order valence-electron chi connectivity index (χ0n) is 20.8. The summed E-state index contributed by atoms with van der Waals surface area (Å²) in [7, 11) is 0. The zero-order chi connectivity index (χ0) is 26.9. The molecule has 1 aliphatic heterocycles. The quantitative estimate of drug-likeness (QED) is 0.124. The second kappa shape index (κ2) is 10.2. The van der Waals surface area contributed by atoms with Gasteiger partial charge in [-0.25, -0.2) is 4.79 Å². The summed E-state index contributed by atoms with van der Waals surface area (Å²) >= 11 is 6.06. The molecule has 1 aliphatic rings. The first kappa shape index (κ1) is 24.5. The summed E-state index contributed by atoms with van der Waals surface area (Å²) in [6.07, 6.45) is 1.62. The summed E-state index contributed by atoms with van der Waals surface area (Å²) in [5.74, 6) is 0.819. The number of esters is 1. The van der Waals surface area contributed by atoms with E-state index in [1.165, 1.54) is 6.07 Å². The Labute approximate surface area is 229 Å². The van der Waals surface area contributed by atoms with E-state index in [9.17, 15) is 9.59 Å². The maximum atomic E-state index is 13.6. The second-order valence-electron chi connectivity index (χ2n) is 8.81. The first-order valence-electron chi connectivity index (χ1n) is 12.3. The molecule has 0 atom stereocenters. The summed E-state index contributed by atoms with van der Waals surface area (Å²) in [6, 6.07) is 26.4. The first-order chi connectivity index (χ1) is 19.0. The molecular weight excluding hydrogens is 516 g/mol. The van der Waals surface area contributed by atoms with Gasteiger partial charge >= 0.3 is 5.97 Å². The van der Waals surface area contributed by atoms with E-state index in [-0.39, 0.29) is 22.9 Å². The molecule has 0 fully saturated rings. The molecule has 0 aliphatic carbocycles. The third-order valence-electron chi connectivity index (χ3n) is 6.21. The molecule has 6 rings (SSSR count). The molecule has 0 amide bonds. The molecule has 192 valence electrons. The Balaban J connectivity index is 1.34. The van der Waals surface area contributed by atoms with Crippen molar-refractivity contribution in [3.8, 4) is 28.6 Å². The number of fused-ring (bicyclic) bond motifs is 2. The number of rotatable bonds is 6. The molecule has 39 heavy (non-hydrogen) atoms. The van der Waals surface area contributed by atoms with Crippen molar-refractivity contribution >= 4 is 40.4 Å². The highest BCUT2D eigenvalue weighted by molar-refractivity contribution is 6.30. The average Bonchev–Trinajstić information content (AvgIpc) is 3.46. The van der Waals surface area contributed by atoms with E-state index >= 15 is 0 Å². The fourth-order valence-corrected chi connectivity index (χ4v) is 4.66. The van der Waals surface area contributed by atoms with Crippen molar-refractivity contribution < 1.29 is 28.2 Å². The maximum Gasteiger partial charge on any atom is 0.348 e. The van der Waals surface area contributed by atoms with Crippen LogP contribution >= 0.6 is 11.6 Å². The van der Waals surface area contributed by atoms with E-state index in [4.69, 9.17) is 30.2 Å². The van der Waals surface area contributed by atoms with Crippen molar-refractivity contribution in [1.29, 1.82) is 0 Å². The number of hydrogen-bond donors (Lipinski definition) is 0. The fourth-order valence-electron chi connectivity index (χ4n) is 4.47. The first-order valence-corrected chi connectivity index (χ1v) is 12.7. The molecule has 1 aromatic heterocycles. The molecular formula is C32H21ClO6. The normalized spacial score (nSPS) is 13.4. The van der Waals surface area contributed by atoms with E-state index in [1.807, 2.05) is 43.3 Å². The minimum absolute atomic E-state index is 0.159. The average molecular weight is 537 g/mol. The Kier molecular flexibility index (Phi) is 6.39. The molecule has 0 radical (unpaired) electrons. The van der Waals surface area contributed by atoms with Crippen LogP contribution in [0.25, 0.3) is 28.4 Å². The van der Waals surface area contributed by atoms with Gasteiger partial charge < -0.3 is 18.6 Å². The number of hydrogen-bond acceptors (Lipinski definition) is 6. The summed E-state index contributed by atoms with van der Waals surface area (Å²) in [4.78, 5) is 26.5. The number of allylic oxidation sites excluding steroid dienone is 1. The molecule has 0 N–H and O–H groups in total. The predicted molar refractivity (Wildman–Crippen MR) is 149 cm³/mol. The standard InChI is InChI=1S/C32H21ClO6/c1-2-36-22-12-14-26-25(17-22)29(31(39-26)20-8-4-3-5-9-20)32(35)37-23-11-13-24-27(18-23)38-28(30(24)34)16-19-7-6-10-21(33)15-19/h3-18H,2H2,1H3/b28-16-. The van der Waals surface area contributed by atoms with Gasteiger partial charge in [-0.1, -0.05) is 54.1 Å². The van der Waals surface area contributed by atoms with Crippen LogP contribution in [-0.4, -0.2) is 18.4 Å². The van der Waals surface area contributed by atoms with Gasteiger partial charge in [-0.3, -0.25) is 4.79 Å². The lowest BCUT2D eigenvalue weighted by Crippen LogP contribution is -2.09. The molecule has 0 spiro atoms. The highest BCUT2D eigenvalue weighted by Gasteiger charge is 2.29. The van der Waals surface area contributed by atoms with E-state index < -0.39 is 5.97 Å². The van der Waals surface area contributed by atoms with Crippen molar-refractivity contribution in [2.75, 3.05) is 6.61 Å². The van der Waals surface area contributed by atoms with Gasteiger partial charge in [-0.2, -0.15) is 0 Å². The van der Waals surface area contributed by atoms with Crippen molar-refractivity contribution in [2.45, 2.75) is 6.92 Å². The van der Waals surface area contributed by atoms with Crippen molar-refractivity contribution in [3.05, 3.63) is 118 Å². The smallest absolute Gasteiger partial charge is 0.348 e. The van der Waals surface area contributed by atoms with E-state index in [1.54, 1.807) is 54.6 Å². The Morgan fingerprint density at radius 2 is 1.74 bits per heavy atom. The molecule has 0 saturated carbocycles. The van der Waals surface area contributed by atoms with Crippen LogP contribution in [-0.2, 0) is 0 Å². The predicted octanol–water partition coefficient (Wildman–Crippen LogP) is 7.99. The second-order valence-corrected chi connectivity index (χ2v) is 9.24. The zero-order valence-corrected chi connectivity index (χ0v) is 21.5. The molecule has 5 aromatic rings. The Morgan fingerprint density at radius 1 is 0.923 bits per heavy atom. The topological polar surface area (TPSA) is 75.0 Å². The van der Waals surface area contributed by atoms with Crippen LogP contribution in [0, 0.1) is 0 Å². The van der Waals surface area contributed by atoms with Crippen molar-refractivity contribution in [2.24, 2.45) is 0 Å². The van der Waals surface area contributed by atoms with E-state index in [2.05, 4.69) is 0 Å². The molecule has 4 aromatic carbocycles. The van der Waals surface area contributed by atoms with Gasteiger partial charge in [0, 0.05) is 22.0 Å². The maximum absolute atomic E-state index is 13.6. The number of halogens is 1. The van der Waals surface area contributed by atoms with Crippen LogP contribution in [0.1, 0.15) is 33.2 Å². The summed E-state index contributed by atoms with van der Waals surface area (Å²) < 4.78 is 23.4. The number of Topliss-reactive ketones (excluding diaryl/α,β-unsaturated/α-hetero) is 1. The SMILES string of the molecule is CCOc1ccc2oc(-c3ccccc3)c(C(=O)Oc3ccc4c(c3)O/C(=C\c3cccc(Cl)c3)C4=O)c2c1. The summed E-state index contributed by atoms with van der Waals surface area (Å²) in [5, 5.41) is 1.13. The Bertz CT molecular complexity index is 1770.